The molecule has 0 fully saturated rings. The van der Waals surface area contributed by atoms with Crippen molar-refractivity contribution in [3.05, 3.63) is 327 Å². The molecule has 3 heteroatoms. The molecule has 13 aromatic carbocycles. The Morgan fingerprint density at radius 2 is 0.724 bits per heavy atom. The molecule has 2 heterocycles. The van der Waals surface area contributed by atoms with Crippen LogP contribution in [0.1, 0.15) is 260 Å². The van der Waals surface area contributed by atoms with Gasteiger partial charge in [-0.3, -0.25) is 0 Å². The van der Waals surface area contributed by atoms with E-state index in [0.717, 1.165) is 59.8 Å². The van der Waals surface area contributed by atoms with Gasteiger partial charge < -0.3 is 13.7 Å². The molecule has 0 atom stereocenters. The van der Waals surface area contributed by atoms with Gasteiger partial charge in [0.25, 0.3) is 0 Å². The first-order valence-electron chi connectivity index (χ1n) is 45.1. The molecule has 0 bridgehead atoms. The molecule has 5 aliphatic rings. The molecule has 15 aromatic rings. The summed E-state index contributed by atoms with van der Waals surface area (Å²) in [7, 11) is 0. The van der Waals surface area contributed by atoms with Gasteiger partial charge in [0.1, 0.15) is 22.3 Å². The zero-order valence-electron chi connectivity index (χ0n) is 69.3. The van der Waals surface area contributed by atoms with Crippen LogP contribution in [0.4, 0.5) is 17.1 Å². The van der Waals surface area contributed by atoms with E-state index in [1.807, 2.05) is 0 Å². The molecule has 116 heavy (non-hydrogen) atoms. The van der Waals surface area contributed by atoms with Gasteiger partial charge >= 0.3 is 0 Å². The van der Waals surface area contributed by atoms with Crippen molar-refractivity contribution in [2.24, 2.45) is 0 Å². The van der Waals surface area contributed by atoms with Gasteiger partial charge in [-0.1, -0.05) is 350 Å². The van der Waals surface area contributed by atoms with Crippen LogP contribution >= 0.6 is 0 Å². The van der Waals surface area contributed by atoms with Crippen LogP contribution in [0.15, 0.2) is 258 Å². The average Bonchev–Trinajstić information content (AvgIpc) is 1.48. The van der Waals surface area contributed by atoms with Crippen molar-refractivity contribution in [2.45, 2.75) is 225 Å². The number of rotatable bonds is 30. The van der Waals surface area contributed by atoms with Gasteiger partial charge in [-0.15, -0.1) is 0 Å². The summed E-state index contributed by atoms with van der Waals surface area (Å²) in [6.07, 6.45) is 31.8. The van der Waals surface area contributed by atoms with Crippen LogP contribution in [0, 0.1) is 13.8 Å². The van der Waals surface area contributed by atoms with Crippen molar-refractivity contribution in [2.75, 3.05) is 4.90 Å². The van der Waals surface area contributed by atoms with Crippen LogP contribution in [0.3, 0.4) is 0 Å². The van der Waals surface area contributed by atoms with Crippen molar-refractivity contribution in [3.8, 4) is 66.8 Å². The minimum Gasteiger partial charge on any atom is -0.456 e. The number of para-hydroxylation sites is 3. The Kier molecular flexibility index (Phi) is 19.6. The summed E-state index contributed by atoms with van der Waals surface area (Å²) in [4.78, 5) is 2.73. The highest BCUT2D eigenvalue weighted by Gasteiger charge is 2.57. The number of aryl methyl sites for hydroxylation is 3. The first-order chi connectivity index (χ1) is 57.3. The molecule has 3 nitrogen and oxygen atoms in total. The van der Waals surface area contributed by atoms with Gasteiger partial charge in [-0.25, -0.2) is 0 Å². The lowest BCUT2D eigenvalue weighted by molar-refractivity contribution is 0.396. The minimum atomic E-state index is -0.691. The van der Waals surface area contributed by atoms with E-state index in [4.69, 9.17) is 8.83 Å². The summed E-state index contributed by atoms with van der Waals surface area (Å²) in [5, 5.41) is 4.90. The van der Waals surface area contributed by atoms with E-state index < -0.39 is 10.8 Å². The van der Waals surface area contributed by atoms with E-state index >= 15 is 0 Å². The Morgan fingerprint density at radius 3 is 1.31 bits per heavy atom. The Hall–Kier alpha value is -10.7. The van der Waals surface area contributed by atoms with Crippen LogP contribution in [-0.4, -0.2) is 0 Å². The molecule has 2 spiro atoms. The van der Waals surface area contributed by atoms with Crippen LogP contribution in [-0.2, 0) is 29.1 Å². The lowest BCUT2D eigenvalue weighted by Gasteiger charge is -2.37. The van der Waals surface area contributed by atoms with E-state index in [-0.39, 0.29) is 5.41 Å². The number of hydrogen-bond acceptors (Lipinski definition) is 3. The molecule has 0 saturated carbocycles. The normalized spacial score (nSPS) is 14.2. The van der Waals surface area contributed by atoms with E-state index in [2.05, 4.69) is 295 Å². The summed E-state index contributed by atoms with van der Waals surface area (Å²) < 4.78 is 14.6. The van der Waals surface area contributed by atoms with Crippen molar-refractivity contribution in [1.82, 2.24) is 0 Å². The molecule has 0 saturated heterocycles. The zero-order valence-corrected chi connectivity index (χ0v) is 69.3. The standard InChI is InChI=1S/C113H111NO2/c1-7-11-15-19-21-25-46-76-47-27-28-48-79(76)103-88(55-26-22-20-16-12-8-2)108-106(107-87-54-34-40-61-101(87)116-110(103)107)85-65-63-77(70-96(85)111(108,68-41-23-17-13-9-3)69-42-24-18-14-10-4)114(109-74(5)44-43-45-75(109)6)78-62-64-84-89-72-99-90(73-98(89)113(97(84)71-78)93-58-37-31-51-82(93)83-52-32-38-59-94(83)113)104-95(66-67-102-105(104)86-53-33-39-60-100(86)115-102)112(99)91-56-35-29-49-80(91)81-50-30-36-57-92(81)112/h27-40,43-45,47-54,56-67,70-73H,7-26,41-42,46,55,68-69H2,1-6H3. The predicted octanol–water partition coefficient (Wildman–Crippen LogP) is 32.7. The second kappa shape index (κ2) is 30.7. The van der Waals surface area contributed by atoms with Crippen molar-refractivity contribution in [1.29, 1.82) is 0 Å². The number of benzene rings is 13. The van der Waals surface area contributed by atoms with Gasteiger partial charge in [0.15, 0.2) is 0 Å². The molecular weight excluding hydrogens is 1400 g/mol. The molecule has 0 aliphatic heterocycles. The van der Waals surface area contributed by atoms with Crippen LogP contribution in [0.25, 0.3) is 111 Å². The fourth-order valence-electron chi connectivity index (χ4n) is 23.4. The van der Waals surface area contributed by atoms with Gasteiger partial charge in [0.05, 0.1) is 16.5 Å². The highest BCUT2D eigenvalue weighted by atomic mass is 16.3. The minimum absolute atomic E-state index is 0.287. The molecule has 2 aromatic heterocycles. The fourth-order valence-corrected chi connectivity index (χ4v) is 23.4. The Labute approximate surface area is 688 Å². The highest BCUT2D eigenvalue weighted by Crippen LogP contribution is 2.70. The summed E-state index contributed by atoms with van der Waals surface area (Å²) >= 11 is 0. The number of hydrogen-bond donors (Lipinski definition) is 0. The Balaban J connectivity index is 0.843. The summed E-state index contributed by atoms with van der Waals surface area (Å²) in [6.45, 7) is 14.2. The summed E-state index contributed by atoms with van der Waals surface area (Å²) in [5.41, 5.74) is 41.3. The number of fused-ring (bicyclic) bond motifs is 31. The molecular formula is C113H111NO2. The lowest BCUT2D eigenvalue weighted by Crippen LogP contribution is -2.28. The molecule has 0 N–H and O–H groups in total. The van der Waals surface area contributed by atoms with Crippen LogP contribution in [0.5, 0.6) is 0 Å². The largest absolute Gasteiger partial charge is 0.456 e. The molecule has 0 unspecified atom stereocenters. The van der Waals surface area contributed by atoms with Gasteiger partial charge in [-0.05, 0) is 246 Å². The van der Waals surface area contributed by atoms with Crippen molar-refractivity contribution in [3.63, 3.8) is 0 Å². The maximum atomic E-state index is 7.68. The highest BCUT2D eigenvalue weighted by molar-refractivity contribution is 6.21. The predicted molar refractivity (Wildman–Crippen MR) is 490 cm³/mol. The van der Waals surface area contributed by atoms with Gasteiger partial charge in [0.2, 0.25) is 0 Å². The van der Waals surface area contributed by atoms with E-state index in [1.165, 1.54) is 302 Å². The van der Waals surface area contributed by atoms with Gasteiger partial charge in [0, 0.05) is 43.9 Å². The Morgan fingerprint density at radius 1 is 0.284 bits per heavy atom. The Bertz CT molecular complexity index is 6180. The summed E-state index contributed by atoms with van der Waals surface area (Å²) in [6, 6.07) is 97.8. The monoisotopic (exact) mass is 1510 g/mol. The maximum Gasteiger partial charge on any atom is 0.144 e. The van der Waals surface area contributed by atoms with Gasteiger partial charge in [-0.2, -0.15) is 0 Å². The quantitative estimate of drug-likeness (QED) is 0.0420. The number of anilines is 3. The number of furan rings is 2. The topological polar surface area (TPSA) is 29.5 Å². The second-order valence-corrected chi connectivity index (χ2v) is 35.1. The average molecular weight is 1520 g/mol. The van der Waals surface area contributed by atoms with E-state index in [1.54, 1.807) is 11.1 Å². The van der Waals surface area contributed by atoms with Crippen LogP contribution < -0.4 is 4.90 Å². The maximum absolute atomic E-state index is 7.68. The second-order valence-electron chi connectivity index (χ2n) is 35.1. The first kappa shape index (κ1) is 74.1. The number of nitrogens with zero attached hydrogens (tertiary/aromatic N) is 1. The lowest BCUT2D eigenvalue weighted by atomic mass is 9.67. The van der Waals surface area contributed by atoms with Crippen molar-refractivity contribution >= 4 is 60.9 Å². The molecule has 0 radical (unpaired) electrons. The third-order valence-corrected chi connectivity index (χ3v) is 28.4. The third-order valence-electron chi connectivity index (χ3n) is 28.4. The number of unbranched alkanes of at least 4 members (excludes halogenated alkanes) is 18. The smallest absolute Gasteiger partial charge is 0.144 e. The molecule has 5 aliphatic carbocycles. The fraction of sp³-hybridized carbons (Fsp3) is 0.310. The van der Waals surface area contributed by atoms with E-state index in [0.29, 0.717) is 0 Å². The zero-order chi connectivity index (χ0) is 78.2. The summed E-state index contributed by atoms with van der Waals surface area (Å²) in [5.74, 6) is 0. The first-order valence-corrected chi connectivity index (χ1v) is 45.1. The van der Waals surface area contributed by atoms with Crippen molar-refractivity contribution < 1.29 is 8.83 Å². The van der Waals surface area contributed by atoms with E-state index in [9.17, 15) is 0 Å². The van der Waals surface area contributed by atoms with Crippen LogP contribution in [0.2, 0.25) is 0 Å². The molecule has 580 valence electrons. The SMILES string of the molecule is CCCCCCCCc1ccccc1-c1c(CCCCCCCC)c2c(c3c1oc1ccccc13)-c1ccc(N(c3ccc4c(c3)C3(c5ccccc5-c5ccccc53)c3cc5c(cc3-4)C3(c4ccccc4-c4ccccc43)c3ccc4oc6ccccc6c4c3-5)c3c(C)cccc3C)cc1C2(CCCCCCC)CCCCCCC. The third kappa shape index (κ3) is 11.4. The molecule has 20 rings (SSSR count). The molecule has 0 amide bonds.